The van der Waals surface area contributed by atoms with Gasteiger partial charge in [-0.15, -0.1) is 0 Å². The molecule has 2 aromatic rings. The Kier molecular flexibility index (Phi) is 4.34. The van der Waals surface area contributed by atoms with Gasteiger partial charge in [0, 0.05) is 32.4 Å². The number of aromatic nitrogens is 2. The fraction of sp³-hybridized carbons (Fsp3) is 0.667. The van der Waals surface area contributed by atoms with E-state index >= 15 is 0 Å². The van der Waals surface area contributed by atoms with Gasteiger partial charge in [-0.1, -0.05) is 6.07 Å². The van der Waals surface area contributed by atoms with Crippen molar-refractivity contribution in [2.75, 3.05) is 26.9 Å². The van der Waals surface area contributed by atoms with Crippen LogP contribution in [0.1, 0.15) is 61.1 Å². The average Bonchev–Trinajstić information content (AvgIpc) is 3.48. The number of esters is 1. The predicted octanol–water partition coefficient (Wildman–Crippen LogP) is 3.40. The second kappa shape index (κ2) is 7.06. The number of carbonyl (C=O) groups is 2. The third-order valence-electron chi connectivity index (χ3n) is 10.4. The SMILES string of the molecule is COC(=O)C1(Cc2cn3c(C(=O)NCC45CC6CC7CC(C4)C76C5)cccc3n2)CCOCC1. The van der Waals surface area contributed by atoms with E-state index in [1.807, 2.05) is 28.8 Å². The van der Waals surface area contributed by atoms with Gasteiger partial charge in [0.25, 0.3) is 5.91 Å². The van der Waals surface area contributed by atoms with Gasteiger partial charge >= 0.3 is 5.97 Å². The molecule has 4 aliphatic carbocycles. The molecule has 1 amide bonds. The Hall–Kier alpha value is -2.41. The molecule has 0 aromatic carbocycles. The number of nitrogens with one attached hydrogen (secondary N) is 1. The second-order valence-electron chi connectivity index (χ2n) is 11.9. The lowest BCUT2D eigenvalue weighted by Gasteiger charge is -2.66. The van der Waals surface area contributed by atoms with E-state index in [4.69, 9.17) is 14.5 Å². The van der Waals surface area contributed by atoms with Gasteiger partial charge in [-0.05, 0) is 85.7 Å². The Morgan fingerprint density at radius 3 is 2.62 bits per heavy atom. The van der Waals surface area contributed by atoms with Crippen LogP contribution in [-0.2, 0) is 20.7 Å². The van der Waals surface area contributed by atoms with Crippen LogP contribution in [0, 0.1) is 34.0 Å². The standard InChI is InChI=1S/C27H33N3O4/c1-33-24(32)26(5-7-34-8-6-26)13-20-14-30-21(3-2-4-22(30)29-20)23(31)28-16-25-11-18-9-17-10-19(12-25)27(17,18)15-25/h2-4,14,17-19H,5-13,15-16H2,1H3,(H,28,31). The summed E-state index contributed by atoms with van der Waals surface area (Å²) >= 11 is 0. The Balaban J connectivity index is 1.10. The number of methoxy groups -OCH3 is 1. The molecule has 2 bridgehead atoms. The van der Waals surface area contributed by atoms with Crippen molar-refractivity contribution in [3.63, 3.8) is 0 Å². The highest BCUT2D eigenvalue weighted by atomic mass is 16.5. The van der Waals surface area contributed by atoms with Crippen molar-refractivity contribution in [1.29, 1.82) is 0 Å². The predicted molar refractivity (Wildman–Crippen MR) is 124 cm³/mol. The van der Waals surface area contributed by atoms with E-state index in [2.05, 4.69) is 5.32 Å². The number of rotatable bonds is 6. The molecule has 5 aliphatic rings. The lowest BCUT2D eigenvalue weighted by molar-refractivity contribution is -0.177. The van der Waals surface area contributed by atoms with Crippen LogP contribution in [0.25, 0.3) is 5.65 Å². The van der Waals surface area contributed by atoms with Crippen molar-refractivity contribution in [2.45, 2.75) is 51.4 Å². The van der Waals surface area contributed by atoms with Crippen LogP contribution in [0.3, 0.4) is 0 Å². The number of carbonyl (C=O) groups excluding carboxylic acids is 2. The zero-order chi connectivity index (χ0) is 23.1. The zero-order valence-electron chi connectivity index (χ0n) is 19.8. The van der Waals surface area contributed by atoms with Crippen LogP contribution in [0.2, 0.25) is 0 Å². The maximum Gasteiger partial charge on any atom is 0.312 e. The molecular weight excluding hydrogens is 430 g/mol. The van der Waals surface area contributed by atoms with E-state index in [9.17, 15) is 9.59 Å². The molecular formula is C27H33N3O4. The summed E-state index contributed by atoms with van der Waals surface area (Å²) in [5.41, 5.74) is 2.50. The van der Waals surface area contributed by atoms with Gasteiger partial charge < -0.3 is 14.8 Å². The van der Waals surface area contributed by atoms with E-state index in [0.717, 1.165) is 35.6 Å². The van der Waals surface area contributed by atoms with Crippen LogP contribution in [0.5, 0.6) is 0 Å². The Labute approximate surface area is 199 Å². The molecule has 2 aromatic heterocycles. The van der Waals surface area contributed by atoms with Crippen molar-refractivity contribution in [2.24, 2.45) is 34.0 Å². The Bertz CT molecular complexity index is 1160. The minimum atomic E-state index is -0.618. The van der Waals surface area contributed by atoms with Crippen molar-refractivity contribution >= 4 is 17.5 Å². The molecule has 1 aliphatic heterocycles. The summed E-state index contributed by atoms with van der Waals surface area (Å²) in [7, 11) is 1.44. The molecule has 7 rings (SSSR count). The largest absolute Gasteiger partial charge is 0.469 e. The normalized spacial score (nSPS) is 36.4. The fourth-order valence-corrected chi connectivity index (χ4v) is 8.92. The van der Waals surface area contributed by atoms with Crippen molar-refractivity contribution in [1.82, 2.24) is 14.7 Å². The first-order valence-electron chi connectivity index (χ1n) is 12.9. The third kappa shape index (κ3) is 2.70. The van der Waals surface area contributed by atoms with E-state index in [0.29, 0.717) is 49.0 Å². The first-order valence-corrected chi connectivity index (χ1v) is 12.9. The number of amides is 1. The lowest BCUT2D eigenvalue weighted by Crippen LogP contribution is -2.59. The van der Waals surface area contributed by atoms with Crippen LogP contribution in [-0.4, -0.2) is 48.1 Å². The number of fused-ring (bicyclic) bond motifs is 2. The number of hydrogen-bond donors (Lipinski definition) is 1. The summed E-state index contributed by atoms with van der Waals surface area (Å²) in [6.45, 7) is 1.87. The van der Waals surface area contributed by atoms with Gasteiger partial charge in [0.1, 0.15) is 11.3 Å². The van der Waals surface area contributed by atoms with Crippen molar-refractivity contribution in [3.8, 4) is 0 Å². The summed E-state index contributed by atoms with van der Waals surface area (Å²) in [6, 6.07) is 5.66. The Morgan fingerprint density at radius 2 is 1.94 bits per heavy atom. The lowest BCUT2D eigenvalue weighted by atomic mass is 9.38. The third-order valence-corrected chi connectivity index (χ3v) is 10.4. The molecule has 7 nitrogen and oxygen atoms in total. The molecule has 2 unspecified atom stereocenters. The van der Waals surface area contributed by atoms with Gasteiger partial charge in [0.2, 0.25) is 0 Å². The average molecular weight is 464 g/mol. The van der Waals surface area contributed by atoms with Gasteiger partial charge in [-0.3, -0.25) is 14.0 Å². The molecule has 7 heteroatoms. The number of hydrogen-bond acceptors (Lipinski definition) is 5. The highest BCUT2D eigenvalue weighted by Crippen LogP contribution is 2.84. The van der Waals surface area contributed by atoms with E-state index in [-0.39, 0.29) is 11.9 Å². The fourth-order valence-electron chi connectivity index (χ4n) is 8.92. The highest BCUT2D eigenvalue weighted by Gasteiger charge is 2.77. The van der Waals surface area contributed by atoms with Crippen molar-refractivity contribution in [3.05, 3.63) is 35.8 Å². The monoisotopic (exact) mass is 463 g/mol. The van der Waals surface area contributed by atoms with Crippen molar-refractivity contribution < 1.29 is 19.1 Å². The second-order valence-corrected chi connectivity index (χ2v) is 11.9. The van der Waals surface area contributed by atoms with Crippen LogP contribution >= 0.6 is 0 Å². The minimum Gasteiger partial charge on any atom is -0.469 e. The van der Waals surface area contributed by atoms with Gasteiger partial charge in [0.15, 0.2) is 0 Å². The Morgan fingerprint density at radius 1 is 1.18 bits per heavy atom. The summed E-state index contributed by atoms with van der Waals surface area (Å²) in [5, 5.41) is 3.30. The van der Waals surface area contributed by atoms with Gasteiger partial charge in [-0.2, -0.15) is 0 Å². The first-order chi connectivity index (χ1) is 16.5. The van der Waals surface area contributed by atoms with Crippen LogP contribution in [0.4, 0.5) is 0 Å². The summed E-state index contributed by atoms with van der Waals surface area (Å²) in [4.78, 5) is 30.7. The number of ether oxygens (including phenoxy) is 2. The van der Waals surface area contributed by atoms with Gasteiger partial charge in [0.05, 0.1) is 18.2 Å². The molecule has 4 saturated carbocycles. The molecule has 2 atom stereocenters. The van der Waals surface area contributed by atoms with E-state index < -0.39 is 5.41 Å². The van der Waals surface area contributed by atoms with E-state index in [1.54, 1.807) is 0 Å². The topological polar surface area (TPSA) is 81.9 Å². The molecule has 1 spiro atoms. The van der Waals surface area contributed by atoms with Gasteiger partial charge in [-0.25, -0.2) is 4.98 Å². The molecule has 34 heavy (non-hydrogen) atoms. The minimum absolute atomic E-state index is 0.0368. The molecule has 1 N–H and O–H groups in total. The summed E-state index contributed by atoms with van der Waals surface area (Å²) in [6.07, 6.45) is 10.4. The number of pyridine rings is 1. The van der Waals surface area contributed by atoms with Crippen LogP contribution in [0.15, 0.2) is 24.4 Å². The smallest absolute Gasteiger partial charge is 0.312 e. The quantitative estimate of drug-likeness (QED) is 0.664. The molecule has 1 saturated heterocycles. The number of nitrogens with zero attached hydrogens (tertiary/aromatic N) is 2. The van der Waals surface area contributed by atoms with E-state index in [1.165, 1.54) is 39.2 Å². The molecule has 0 radical (unpaired) electrons. The molecule has 3 heterocycles. The maximum absolute atomic E-state index is 13.3. The zero-order valence-corrected chi connectivity index (χ0v) is 19.8. The molecule has 180 valence electrons. The highest BCUT2D eigenvalue weighted by molar-refractivity contribution is 5.93. The van der Waals surface area contributed by atoms with Crippen LogP contribution < -0.4 is 5.32 Å². The number of imidazole rings is 1. The molecule has 5 fully saturated rings. The first kappa shape index (κ1) is 20.9. The summed E-state index contributed by atoms with van der Waals surface area (Å²) in [5.74, 6) is 2.60. The maximum atomic E-state index is 13.3. The summed E-state index contributed by atoms with van der Waals surface area (Å²) < 4.78 is 12.5.